The van der Waals surface area contributed by atoms with Gasteiger partial charge in [0.05, 0.1) is 22.8 Å². The van der Waals surface area contributed by atoms with Gasteiger partial charge in [-0.3, -0.25) is 4.79 Å². The number of amides is 1. The van der Waals surface area contributed by atoms with Gasteiger partial charge in [-0.25, -0.2) is 4.98 Å². The van der Waals surface area contributed by atoms with E-state index < -0.39 is 0 Å². The normalized spacial score (nSPS) is 17.5. The number of benzene rings is 1. The van der Waals surface area contributed by atoms with Crippen LogP contribution in [0.25, 0.3) is 11.0 Å². The predicted octanol–water partition coefficient (Wildman–Crippen LogP) is 2.16. The Bertz CT molecular complexity index is 917. The fraction of sp³-hybridized carbons (Fsp3) is 0.412. The number of imidazole rings is 1. The quantitative estimate of drug-likeness (QED) is 0.670. The molecule has 1 aliphatic heterocycles. The van der Waals surface area contributed by atoms with E-state index in [0.717, 1.165) is 41.4 Å². The van der Waals surface area contributed by atoms with E-state index in [1.807, 2.05) is 41.8 Å². The third-order valence-electron chi connectivity index (χ3n) is 4.69. The van der Waals surface area contributed by atoms with Gasteiger partial charge in [0.2, 0.25) is 5.91 Å². The van der Waals surface area contributed by atoms with E-state index in [0.29, 0.717) is 5.75 Å². The molecule has 25 heavy (non-hydrogen) atoms. The molecule has 1 atom stereocenters. The lowest BCUT2D eigenvalue weighted by Gasteiger charge is -2.24. The predicted molar refractivity (Wildman–Crippen MR) is 96.1 cm³/mol. The number of rotatable bonds is 4. The Kier molecular flexibility index (Phi) is 4.20. The molecule has 1 unspecified atom stereocenters. The van der Waals surface area contributed by atoms with Crippen LogP contribution in [-0.4, -0.2) is 47.4 Å². The molecule has 0 bridgehead atoms. The first kappa shape index (κ1) is 16.1. The highest BCUT2D eigenvalue weighted by Gasteiger charge is 2.33. The highest BCUT2D eigenvalue weighted by Crippen LogP contribution is 2.33. The Morgan fingerprint density at radius 2 is 2.16 bits per heavy atom. The third kappa shape index (κ3) is 2.90. The second-order valence-electron chi connectivity index (χ2n) is 6.28. The number of thioether (sulfide) groups is 1. The molecule has 3 aromatic rings. The fourth-order valence-electron chi connectivity index (χ4n) is 3.41. The van der Waals surface area contributed by atoms with E-state index in [4.69, 9.17) is 4.98 Å². The van der Waals surface area contributed by atoms with Crippen LogP contribution in [0.1, 0.15) is 24.7 Å². The van der Waals surface area contributed by atoms with Crippen molar-refractivity contribution < 1.29 is 4.79 Å². The van der Waals surface area contributed by atoms with Gasteiger partial charge in [0.15, 0.2) is 5.16 Å². The van der Waals surface area contributed by atoms with E-state index in [2.05, 4.69) is 20.8 Å². The average Bonchev–Trinajstić information content (AvgIpc) is 3.32. The lowest BCUT2D eigenvalue weighted by molar-refractivity contribution is -0.129. The molecular weight excluding hydrogens is 336 g/mol. The summed E-state index contributed by atoms with van der Waals surface area (Å²) < 4.78 is 3.94. The molecule has 2 aromatic heterocycles. The van der Waals surface area contributed by atoms with Gasteiger partial charge in [0, 0.05) is 20.6 Å². The van der Waals surface area contributed by atoms with Crippen LogP contribution < -0.4 is 0 Å². The topological polar surface area (TPSA) is 68.8 Å². The number of aryl methyl sites for hydroxylation is 2. The number of fused-ring (bicyclic) bond motifs is 1. The van der Waals surface area contributed by atoms with E-state index >= 15 is 0 Å². The van der Waals surface area contributed by atoms with Crippen molar-refractivity contribution in [1.29, 1.82) is 0 Å². The largest absolute Gasteiger partial charge is 0.332 e. The first-order valence-electron chi connectivity index (χ1n) is 8.33. The van der Waals surface area contributed by atoms with Crippen molar-refractivity contribution in [2.24, 2.45) is 14.1 Å². The lowest BCUT2D eigenvalue weighted by atomic mass is 10.2. The van der Waals surface area contributed by atoms with Crippen molar-refractivity contribution in [2.45, 2.75) is 24.0 Å². The Morgan fingerprint density at radius 3 is 2.92 bits per heavy atom. The summed E-state index contributed by atoms with van der Waals surface area (Å²) in [7, 11) is 3.91. The van der Waals surface area contributed by atoms with Gasteiger partial charge >= 0.3 is 0 Å². The van der Waals surface area contributed by atoms with Gasteiger partial charge in [0.25, 0.3) is 0 Å². The van der Waals surface area contributed by atoms with Gasteiger partial charge in [0.1, 0.15) is 12.2 Å². The summed E-state index contributed by atoms with van der Waals surface area (Å²) >= 11 is 1.43. The van der Waals surface area contributed by atoms with Crippen LogP contribution in [0, 0.1) is 0 Å². The standard InChI is InChI=1S/C17H20N6OS/c1-21-11-18-20-17(21)25-10-15(24)23-9-5-8-14(23)16-19-12-6-3-4-7-13(12)22(16)2/h3-4,6-7,11,14H,5,8-10H2,1-2H3. The molecule has 1 aromatic carbocycles. The molecule has 7 nitrogen and oxygen atoms in total. The monoisotopic (exact) mass is 356 g/mol. The van der Waals surface area contributed by atoms with Crippen molar-refractivity contribution in [2.75, 3.05) is 12.3 Å². The maximum absolute atomic E-state index is 12.8. The zero-order valence-electron chi connectivity index (χ0n) is 14.3. The van der Waals surface area contributed by atoms with Crippen molar-refractivity contribution in [3.8, 4) is 0 Å². The molecular formula is C17H20N6OS. The van der Waals surface area contributed by atoms with Gasteiger partial charge in [-0.1, -0.05) is 23.9 Å². The highest BCUT2D eigenvalue weighted by molar-refractivity contribution is 7.99. The molecule has 8 heteroatoms. The summed E-state index contributed by atoms with van der Waals surface area (Å²) in [6.07, 6.45) is 3.61. The number of para-hydroxylation sites is 2. The van der Waals surface area contributed by atoms with Gasteiger partial charge < -0.3 is 14.0 Å². The molecule has 1 fully saturated rings. The van der Waals surface area contributed by atoms with Crippen molar-refractivity contribution >= 4 is 28.7 Å². The lowest BCUT2D eigenvalue weighted by Crippen LogP contribution is -2.33. The Morgan fingerprint density at radius 1 is 1.32 bits per heavy atom. The van der Waals surface area contributed by atoms with Crippen LogP contribution in [0.2, 0.25) is 0 Å². The molecule has 0 N–H and O–H groups in total. The van der Waals surface area contributed by atoms with Gasteiger partial charge in [-0.15, -0.1) is 10.2 Å². The van der Waals surface area contributed by atoms with Gasteiger partial charge in [-0.2, -0.15) is 0 Å². The van der Waals surface area contributed by atoms with Crippen LogP contribution >= 0.6 is 11.8 Å². The number of likely N-dealkylation sites (tertiary alicyclic amines) is 1. The van der Waals surface area contributed by atoms with E-state index in [1.54, 1.807) is 6.33 Å². The zero-order valence-corrected chi connectivity index (χ0v) is 15.1. The third-order valence-corrected chi connectivity index (χ3v) is 5.71. The maximum atomic E-state index is 12.8. The second kappa shape index (κ2) is 6.51. The van der Waals surface area contributed by atoms with Crippen LogP contribution in [0.4, 0.5) is 0 Å². The first-order valence-corrected chi connectivity index (χ1v) is 9.31. The fourth-order valence-corrected chi connectivity index (χ4v) is 4.18. The number of hydrogen-bond donors (Lipinski definition) is 0. The molecule has 0 saturated carbocycles. The minimum atomic E-state index is 0.0463. The number of nitrogens with zero attached hydrogens (tertiary/aromatic N) is 6. The highest BCUT2D eigenvalue weighted by atomic mass is 32.2. The summed E-state index contributed by atoms with van der Waals surface area (Å²) in [6, 6.07) is 8.14. The smallest absolute Gasteiger partial charge is 0.233 e. The number of carbonyl (C=O) groups is 1. The van der Waals surface area contributed by atoms with Crippen molar-refractivity contribution in [1.82, 2.24) is 29.2 Å². The Labute approximate surface area is 150 Å². The summed E-state index contributed by atoms with van der Waals surface area (Å²) in [4.78, 5) is 19.5. The molecule has 1 aliphatic rings. The van der Waals surface area contributed by atoms with Crippen LogP contribution in [0.3, 0.4) is 0 Å². The minimum absolute atomic E-state index is 0.0463. The molecule has 3 heterocycles. The number of carbonyl (C=O) groups excluding carboxylic acids is 1. The average molecular weight is 356 g/mol. The minimum Gasteiger partial charge on any atom is -0.332 e. The van der Waals surface area contributed by atoms with Crippen molar-refractivity contribution in [3.05, 3.63) is 36.4 Å². The summed E-state index contributed by atoms with van der Waals surface area (Å²) in [5.41, 5.74) is 2.08. The molecule has 0 radical (unpaired) electrons. The van der Waals surface area contributed by atoms with Crippen LogP contribution in [0.5, 0.6) is 0 Å². The molecule has 1 amide bonds. The van der Waals surface area contributed by atoms with E-state index in [1.165, 1.54) is 11.8 Å². The van der Waals surface area contributed by atoms with Crippen LogP contribution in [-0.2, 0) is 18.9 Å². The molecule has 1 saturated heterocycles. The van der Waals surface area contributed by atoms with E-state index in [9.17, 15) is 4.79 Å². The summed E-state index contributed by atoms with van der Waals surface area (Å²) in [5.74, 6) is 1.46. The SMILES string of the molecule is Cn1cnnc1SCC(=O)N1CCCC1c1nc2ccccc2n1C. The zero-order chi connectivity index (χ0) is 17.4. The number of aromatic nitrogens is 5. The molecule has 4 rings (SSSR count). The van der Waals surface area contributed by atoms with Gasteiger partial charge in [-0.05, 0) is 25.0 Å². The Balaban J connectivity index is 1.54. The Hall–Kier alpha value is -2.35. The van der Waals surface area contributed by atoms with Crippen molar-refractivity contribution in [3.63, 3.8) is 0 Å². The second-order valence-corrected chi connectivity index (χ2v) is 7.22. The number of hydrogen-bond acceptors (Lipinski definition) is 5. The maximum Gasteiger partial charge on any atom is 0.233 e. The molecule has 130 valence electrons. The summed E-state index contributed by atoms with van der Waals surface area (Å²) in [5, 5.41) is 8.63. The van der Waals surface area contributed by atoms with E-state index in [-0.39, 0.29) is 11.9 Å². The molecule has 0 spiro atoms. The van der Waals surface area contributed by atoms with Crippen LogP contribution in [0.15, 0.2) is 35.7 Å². The molecule has 0 aliphatic carbocycles. The first-order chi connectivity index (χ1) is 12.1. The summed E-state index contributed by atoms with van der Waals surface area (Å²) in [6.45, 7) is 0.784.